The van der Waals surface area contributed by atoms with Crippen LogP contribution in [0.1, 0.15) is 18.9 Å². The van der Waals surface area contributed by atoms with Gasteiger partial charge in [0.2, 0.25) is 0 Å². The first-order valence-electron chi connectivity index (χ1n) is 3.80. The highest BCUT2D eigenvalue weighted by Gasteiger charge is 2.25. The molecule has 2 rings (SSSR count). The van der Waals surface area contributed by atoms with Crippen molar-refractivity contribution in [1.82, 2.24) is 9.55 Å². The molecule has 0 spiro atoms. The second-order valence-electron chi connectivity index (χ2n) is 2.96. The van der Waals surface area contributed by atoms with E-state index >= 15 is 0 Å². The maximum absolute atomic E-state index is 10.9. The molecule has 1 aromatic rings. The average Bonchev–Trinajstić information content (AvgIpc) is 2.68. The molecular formula is C7H9N3OS. The van der Waals surface area contributed by atoms with Crippen LogP contribution in [0.25, 0.3) is 0 Å². The van der Waals surface area contributed by atoms with Gasteiger partial charge in [0.05, 0.1) is 0 Å². The Morgan fingerprint density at radius 3 is 2.83 bits per heavy atom. The van der Waals surface area contributed by atoms with Gasteiger partial charge in [0.15, 0.2) is 4.77 Å². The predicted molar refractivity (Wildman–Crippen MR) is 48.6 cm³/mol. The van der Waals surface area contributed by atoms with Crippen LogP contribution >= 0.6 is 12.2 Å². The van der Waals surface area contributed by atoms with Crippen molar-refractivity contribution >= 4 is 18.0 Å². The summed E-state index contributed by atoms with van der Waals surface area (Å²) in [5.41, 5.74) is 5.41. The number of H-pyrrole nitrogens is 1. The zero-order chi connectivity index (χ0) is 8.72. The molecule has 1 aliphatic rings. The van der Waals surface area contributed by atoms with Gasteiger partial charge in [-0.3, -0.25) is 9.78 Å². The van der Waals surface area contributed by atoms with Gasteiger partial charge in [-0.15, -0.1) is 0 Å². The quantitative estimate of drug-likeness (QED) is 0.634. The zero-order valence-corrected chi connectivity index (χ0v) is 7.23. The molecule has 0 aromatic carbocycles. The number of nitrogens with zero attached hydrogens (tertiary/aromatic N) is 1. The van der Waals surface area contributed by atoms with Gasteiger partial charge in [0.25, 0.3) is 5.56 Å². The van der Waals surface area contributed by atoms with E-state index in [0.29, 0.717) is 16.6 Å². The van der Waals surface area contributed by atoms with Gasteiger partial charge >= 0.3 is 0 Å². The maximum Gasteiger partial charge on any atom is 0.253 e. The van der Waals surface area contributed by atoms with Crippen LogP contribution in [0.2, 0.25) is 0 Å². The molecule has 64 valence electrons. The summed E-state index contributed by atoms with van der Waals surface area (Å²) >= 11 is 4.97. The van der Waals surface area contributed by atoms with Gasteiger partial charge in [-0.2, -0.15) is 0 Å². The molecule has 0 bridgehead atoms. The second-order valence-corrected chi connectivity index (χ2v) is 3.35. The van der Waals surface area contributed by atoms with E-state index in [2.05, 4.69) is 4.98 Å². The molecule has 0 aliphatic heterocycles. The number of nitrogens with two attached hydrogens (primary N) is 1. The molecule has 0 saturated heterocycles. The first-order chi connectivity index (χ1) is 5.68. The van der Waals surface area contributed by atoms with Gasteiger partial charge < -0.3 is 10.3 Å². The predicted octanol–water partition coefficient (Wildman–Crippen LogP) is 0.823. The van der Waals surface area contributed by atoms with Crippen molar-refractivity contribution in [2.24, 2.45) is 0 Å². The van der Waals surface area contributed by atoms with Crippen LogP contribution < -0.4 is 11.3 Å². The van der Waals surface area contributed by atoms with E-state index in [-0.39, 0.29) is 5.56 Å². The van der Waals surface area contributed by atoms with Crippen LogP contribution in [-0.4, -0.2) is 9.55 Å². The summed E-state index contributed by atoms with van der Waals surface area (Å²) < 4.78 is 2.24. The highest BCUT2D eigenvalue weighted by atomic mass is 32.1. The molecule has 0 amide bonds. The fourth-order valence-corrected chi connectivity index (χ4v) is 1.59. The summed E-state index contributed by atoms with van der Waals surface area (Å²) in [5.74, 6) is 0.464. The number of aromatic amines is 1. The lowest BCUT2D eigenvalue weighted by atomic mass is 10.5. The number of nitrogens with one attached hydrogen (secondary N) is 1. The minimum atomic E-state index is -0.227. The van der Waals surface area contributed by atoms with Crippen molar-refractivity contribution in [3.8, 4) is 0 Å². The van der Waals surface area contributed by atoms with E-state index in [0.717, 1.165) is 12.8 Å². The number of nitrogen functional groups attached to an aromatic ring is 1. The number of hydrogen-bond acceptors (Lipinski definition) is 3. The summed E-state index contributed by atoms with van der Waals surface area (Å²) in [6, 6.07) is 1.78. The summed E-state index contributed by atoms with van der Waals surface area (Å²) in [6.45, 7) is 0. The van der Waals surface area contributed by atoms with Crippen molar-refractivity contribution in [1.29, 1.82) is 0 Å². The molecule has 12 heavy (non-hydrogen) atoms. The zero-order valence-electron chi connectivity index (χ0n) is 6.41. The lowest BCUT2D eigenvalue weighted by Gasteiger charge is -2.06. The molecule has 1 aliphatic carbocycles. The maximum atomic E-state index is 10.9. The number of anilines is 1. The number of rotatable bonds is 1. The van der Waals surface area contributed by atoms with Gasteiger partial charge in [-0.25, -0.2) is 0 Å². The Morgan fingerprint density at radius 1 is 1.67 bits per heavy atom. The van der Waals surface area contributed by atoms with E-state index in [1.165, 1.54) is 6.07 Å². The van der Waals surface area contributed by atoms with Gasteiger partial charge in [0, 0.05) is 12.1 Å². The number of hydrogen-bond donors (Lipinski definition) is 2. The summed E-state index contributed by atoms with van der Waals surface area (Å²) in [7, 11) is 0. The first-order valence-corrected chi connectivity index (χ1v) is 4.20. The molecule has 0 unspecified atom stereocenters. The van der Waals surface area contributed by atoms with Gasteiger partial charge in [0.1, 0.15) is 5.82 Å². The third-order valence-electron chi connectivity index (χ3n) is 1.92. The third-order valence-corrected chi connectivity index (χ3v) is 2.22. The van der Waals surface area contributed by atoms with E-state index < -0.39 is 0 Å². The van der Waals surface area contributed by atoms with Crippen LogP contribution in [0, 0.1) is 4.77 Å². The Labute approximate surface area is 74.0 Å². The third kappa shape index (κ3) is 1.16. The SMILES string of the molecule is Nc1cc(=O)[nH]c(=S)n1C1CC1. The van der Waals surface area contributed by atoms with Crippen LogP contribution in [-0.2, 0) is 0 Å². The summed E-state index contributed by atoms with van der Waals surface area (Å²) in [5, 5.41) is 0. The summed E-state index contributed by atoms with van der Waals surface area (Å²) in [6.07, 6.45) is 2.20. The molecular weight excluding hydrogens is 174 g/mol. The molecule has 1 fully saturated rings. The first kappa shape index (κ1) is 7.54. The normalized spacial score (nSPS) is 16.3. The largest absolute Gasteiger partial charge is 0.385 e. The Bertz CT molecular complexity index is 415. The minimum Gasteiger partial charge on any atom is -0.385 e. The monoisotopic (exact) mass is 183 g/mol. The van der Waals surface area contributed by atoms with Crippen molar-refractivity contribution in [2.75, 3.05) is 5.73 Å². The van der Waals surface area contributed by atoms with Crippen LogP contribution in [0.4, 0.5) is 5.82 Å². The lowest BCUT2D eigenvalue weighted by molar-refractivity contribution is 0.709. The van der Waals surface area contributed by atoms with E-state index in [4.69, 9.17) is 18.0 Å². The smallest absolute Gasteiger partial charge is 0.253 e. The molecule has 5 heteroatoms. The molecule has 0 atom stereocenters. The fourth-order valence-electron chi connectivity index (χ4n) is 1.23. The van der Waals surface area contributed by atoms with Crippen molar-refractivity contribution in [3.63, 3.8) is 0 Å². The van der Waals surface area contributed by atoms with Gasteiger partial charge in [-0.05, 0) is 25.1 Å². The van der Waals surface area contributed by atoms with Crippen molar-refractivity contribution < 1.29 is 0 Å². The Morgan fingerprint density at radius 2 is 2.33 bits per heavy atom. The molecule has 1 heterocycles. The standard InChI is InChI=1S/C7H9N3OS/c8-5-3-6(11)9-7(12)10(5)4-1-2-4/h3-4H,1-2,8H2,(H,9,11,12). The Kier molecular flexibility index (Phi) is 1.54. The van der Waals surface area contributed by atoms with Gasteiger partial charge in [-0.1, -0.05) is 0 Å². The van der Waals surface area contributed by atoms with Crippen LogP contribution in [0.5, 0.6) is 0 Å². The fraction of sp³-hybridized carbons (Fsp3) is 0.429. The molecule has 4 nitrogen and oxygen atoms in total. The van der Waals surface area contributed by atoms with E-state index in [1.807, 2.05) is 0 Å². The van der Waals surface area contributed by atoms with E-state index in [9.17, 15) is 4.79 Å². The average molecular weight is 183 g/mol. The Balaban J connectivity index is 2.67. The van der Waals surface area contributed by atoms with Crippen LogP contribution in [0.3, 0.4) is 0 Å². The summed E-state index contributed by atoms with van der Waals surface area (Å²) in [4.78, 5) is 13.4. The topological polar surface area (TPSA) is 63.8 Å². The molecule has 0 radical (unpaired) electrons. The highest BCUT2D eigenvalue weighted by molar-refractivity contribution is 7.71. The molecule has 3 N–H and O–H groups in total. The minimum absolute atomic E-state index is 0.227. The van der Waals surface area contributed by atoms with Crippen LogP contribution in [0.15, 0.2) is 10.9 Å². The van der Waals surface area contributed by atoms with Crippen molar-refractivity contribution in [3.05, 3.63) is 21.2 Å². The number of aromatic nitrogens is 2. The second kappa shape index (κ2) is 2.45. The molecule has 1 saturated carbocycles. The van der Waals surface area contributed by atoms with Crippen molar-refractivity contribution in [2.45, 2.75) is 18.9 Å². The Hall–Kier alpha value is -1.10. The lowest BCUT2D eigenvalue weighted by Crippen LogP contribution is -2.15. The van der Waals surface area contributed by atoms with E-state index in [1.54, 1.807) is 4.57 Å². The molecule has 1 aromatic heterocycles. The highest BCUT2D eigenvalue weighted by Crippen LogP contribution is 2.36.